The van der Waals surface area contributed by atoms with E-state index in [0.717, 1.165) is 4.47 Å². The molecule has 0 aromatic heterocycles. The Balaban J connectivity index is 2.98. The minimum Gasteiger partial charge on any atom is -0.496 e. The van der Waals surface area contributed by atoms with Crippen LogP contribution in [0.1, 0.15) is 31.1 Å². The van der Waals surface area contributed by atoms with Crippen molar-refractivity contribution < 1.29 is 9.53 Å². The lowest BCUT2D eigenvalue weighted by molar-refractivity contribution is 0.0909. The second-order valence-electron chi connectivity index (χ2n) is 4.64. The van der Waals surface area contributed by atoms with Crippen LogP contribution in [0.15, 0.2) is 22.7 Å². The number of nitrogens with one attached hydrogen (secondary N) is 1. The lowest BCUT2D eigenvalue weighted by Gasteiger charge is -2.29. The van der Waals surface area contributed by atoms with Gasteiger partial charge in [0.2, 0.25) is 0 Å². The van der Waals surface area contributed by atoms with Crippen LogP contribution in [-0.2, 0) is 0 Å². The Kier molecular flexibility index (Phi) is 5.05. The summed E-state index contributed by atoms with van der Waals surface area (Å²) < 4.78 is 6.06. The summed E-state index contributed by atoms with van der Waals surface area (Å²) in [6.45, 7) is 5.61. The summed E-state index contributed by atoms with van der Waals surface area (Å²) >= 11 is 9.38. The Morgan fingerprint density at radius 2 is 2.11 bits per heavy atom. The lowest BCUT2D eigenvalue weighted by Crippen LogP contribution is -2.49. The minimum absolute atomic E-state index is 0.178. The van der Waals surface area contributed by atoms with Gasteiger partial charge >= 0.3 is 0 Å². The molecule has 0 aliphatic rings. The molecule has 0 fully saturated rings. The Bertz CT molecular complexity index is 447. The van der Waals surface area contributed by atoms with Crippen molar-refractivity contribution in [3.8, 4) is 5.75 Å². The number of alkyl halides is 1. The molecule has 1 N–H and O–H groups in total. The van der Waals surface area contributed by atoms with Gasteiger partial charge < -0.3 is 10.1 Å². The first kappa shape index (κ1) is 15.3. The van der Waals surface area contributed by atoms with E-state index in [1.165, 1.54) is 7.11 Å². The molecule has 1 rings (SSSR count). The first-order valence-electron chi connectivity index (χ1n) is 5.58. The summed E-state index contributed by atoms with van der Waals surface area (Å²) in [5.41, 5.74) is 0.00239. The van der Waals surface area contributed by atoms with Crippen molar-refractivity contribution in [1.82, 2.24) is 5.32 Å². The third-order valence-electron chi connectivity index (χ3n) is 2.84. The second-order valence-corrected chi connectivity index (χ2v) is 6.21. The van der Waals surface area contributed by atoms with Gasteiger partial charge in [-0.3, -0.25) is 4.79 Å². The topological polar surface area (TPSA) is 38.3 Å². The van der Waals surface area contributed by atoms with E-state index in [-0.39, 0.29) is 11.3 Å². The van der Waals surface area contributed by atoms with Crippen molar-refractivity contribution in [3.63, 3.8) is 0 Å². The van der Waals surface area contributed by atoms with Gasteiger partial charge in [-0.25, -0.2) is 0 Å². The minimum atomic E-state index is -0.489. The first-order chi connectivity index (χ1) is 8.27. The van der Waals surface area contributed by atoms with Crippen molar-refractivity contribution in [2.75, 3.05) is 7.11 Å². The summed E-state index contributed by atoms with van der Waals surface area (Å²) in [5.74, 6) is 0.330. The standard InChI is InChI=1S/C13H17BrClNO2/c1-8(15)13(2,3)16-12(17)10-6-5-9(14)7-11(10)18-4/h5-8H,1-4H3,(H,16,17). The van der Waals surface area contributed by atoms with Crippen LogP contribution in [0.3, 0.4) is 0 Å². The smallest absolute Gasteiger partial charge is 0.255 e. The van der Waals surface area contributed by atoms with Crippen LogP contribution < -0.4 is 10.1 Å². The van der Waals surface area contributed by atoms with Gasteiger partial charge in [0, 0.05) is 4.47 Å². The predicted molar refractivity (Wildman–Crippen MR) is 77.6 cm³/mol. The highest BCUT2D eigenvalue weighted by Crippen LogP contribution is 2.24. The Labute approximate surface area is 121 Å². The molecule has 0 spiro atoms. The third kappa shape index (κ3) is 3.62. The lowest BCUT2D eigenvalue weighted by atomic mass is 10.0. The maximum atomic E-state index is 12.2. The highest BCUT2D eigenvalue weighted by molar-refractivity contribution is 9.10. The fourth-order valence-electron chi connectivity index (χ4n) is 1.31. The molecule has 1 aromatic carbocycles. The number of halogens is 2. The SMILES string of the molecule is COc1cc(Br)ccc1C(=O)NC(C)(C)C(C)Cl. The summed E-state index contributed by atoms with van der Waals surface area (Å²) in [6, 6.07) is 5.27. The molecular weight excluding hydrogens is 318 g/mol. The Morgan fingerprint density at radius 3 is 2.61 bits per heavy atom. The molecular formula is C13H17BrClNO2. The number of amides is 1. The number of carbonyl (C=O) groups is 1. The van der Waals surface area contributed by atoms with E-state index in [2.05, 4.69) is 21.2 Å². The van der Waals surface area contributed by atoms with Gasteiger partial charge in [0.15, 0.2) is 0 Å². The maximum absolute atomic E-state index is 12.2. The first-order valence-corrected chi connectivity index (χ1v) is 6.81. The molecule has 18 heavy (non-hydrogen) atoms. The number of methoxy groups -OCH3 is 1. The van der Waals surface area contributed by atoms with Gasteiger partial charge in [-0.1, -0.05) is 15.9 Å². The van der Waals surface area contributed by atoms with Gasteiger partial charge in [0.05, 0.1) is 23.6 Å². The summed E-state index contributed by atoms with van der Waals surface area (Å²) in [4.78, 5) is 12.2. The number of benzene rings is 1. The summed E-state index contributed by atoms with van der Waals surface area (Å²) in [6.07, 6.45) is 0. The fourth-order valence-corrected chi connectivity index (χ4v) is 1.71. The van der Waals surface area contributed by atoms with Crippen LogP contribution in [0.5, 0.6) is 5.75 Å². The molecule has 1 amide bonds. The van der Waals surface area contributed by atoms with E-state index in [1.54, 1.807) is 18.2 Å². The highest BCUT2D eigenvalue weighted by atomic mass is 79.9. The van der Waals surface area contributed by atoms with E-state index >= 15 is 0 Å². The molecule has 0 heterocycles. The molecule has 3 nitrogen and oxygen atoms in total. The molecule has 0 aliphatic carbocycles. The Morgan fingerprint density at radius 1 is 1.50 bits per heavy atom. The van der Waals surface area contributed by atoms with E-state index in [4.69, 9.17) is 16.3 Å². The van der Waals surface area contributed by atoms with Crippen molar-refractivity contribution in [2.24, 2.45) is 0 Å². The van der Waals surface area contributed by atoms with E-state index in [9.17, 15) is 4.79 Å². The molecule has 100 valence electrons. The molecule has 5 heteroatoms. The monoisotopic (exact) mass is 333 g/mol. The van der Waals surface area contributed by atoms with Crippen molar-refractivity contribution in [1.29, 1.82) is 0 Å². The molecule has 0 saturated carbocycles. The van der Waals surface area contributed by atoms with Gasteiger partial charge in [0.1, 0.15) is 5.75 Å². The average molecular weight is 335 g/mol. The van der Waals surface area contributed by atoms with Gasteiger partial charge in [-0.15, -0.1) is 11.6 Å². The molecule has 0 bridgehead atoms. The van der Waals surface area contributed by atoms with E-state index in [0.29, 0.717) is 11.3 Å². The highest BCUT2D eigenvalue weighted by Gasteiger charge is 2.27. The number of ether oxygens (including phenoxy) is 1. The second kappa shape index (κ2) is 5.93. The summed E-state index contributed by atoms with van der Waals surface area (Å²) in [7, 11) is 1.54. The van der Waals surface area contributed by atoms with Crippen molar-refractivity contribution in [2.45, 2.75) is 31.7 Å². The van der Waals surface area contributed by atoms with Crippen molar-refractivity contribution in [3.05, 3.63) is 28.2 Å². The molecule has 0 radical (unpaired) electrons. The number of rotatable bonds is 4. The van der Waals surface area contributed by atoms with Crippen LogP contribution in [0.4, 0.5) is 0 Å². The summed E-state index contributed by atoms with van der Waals surface area (Å²) in [5, 5.41) is 2.72. The maximum Gasteiger partial charge on any atom is 0.255 e. The van der Waals surface area contributed by atoms with Crippen molar-refractivity contribution >= 4 is 33.4 Å². The number of carbonyl (C=O) groups excluding carboxylic acids is 1. The predicted octanol–water partition coefficient (Wildman–Crippen LogP) is 3.59. The van der Waals surface area contributed by atoms with Crippen LogP contribution >= 0.6 is 27.5 Å². The largest absolute Gasteiger partial charge is 0.496 e. The molecule has 1 unspecified atom stereocenters. The normalized spacial score (nSPS) is 13.0. The van der Waals surface area contributed by atoms with Gasteiger partial charge in [-0.05, 0) is 39.0 Å². The zero-order valence-corrected chi connectivity index (χ0v) is 13.2. The molecule has 0 saturated heterocycles. The number of hydrogen-bond acceptors (Lipinski definition) is 2. The zero-order valence-electron chi connectivity index (χ0n) is 10.9. The Hall–Kier alpha value is -0.740. The van der Waals surface area contributed by atoms with Gasteiger partial charge in [-0.2, -0.15) is 0 Å². The molecule has 1 aromatic rings. The van der Waals surface area contributed by atoms with E-state index < -0.39 is 5.54 Å². The van der Waals surface area contributed by atoms with Crippen LogP contribution in [0.2, 0.25) is 0 Å². The van der Waals surface area contributed by atoms with Gasteiger partial charge in [0.25, 0.3) is 5.91 Å². The van der Waals surface area contributed by atoms with Crippen LogP contribution in [0, 0.1) is 0 Å². The zero-order chi connectivity index (χ0) is 13.9. The van der Waals surface area contributed by atoms with Crippen LogP contribution in [0.25, 0.3) is 0 Å². The molecule has 0 aliphatic heterocycles. The average Bonchev–Trinajstić information content (AvgIpc) is 2.27. The number of hydrogen-bond donors (Lipinski definition) is 1. The fraction of sp³-hybridized carbons (Fsp3) is 0.462. The third-order valence-corrected chi connectivity index (χ3v) is 3.88. The van der Waals surface area contributed by atoms with E-state index in [1.807, 2.05) is 20.8 Å². The molecule has 1 atom stereocenters. The quantitative estimate of drug-likeness (QED) is 0.855. The van der Waals surface area contributed by atoms with Crippen LogP contribution in [-0.4, -0.2) is 23.9 Å².